The van der Waals surface area contributed by atoms with Crippen LogP contribution in [-0.2, 0) is 4.74 Å². The van der Waals surface area contributed by atoms with Gasteiger partial charge in [-0.3, -0.25) is 0 Å². The second-order valence-electron chi connectivity index (χ2n) is 2.47. The predicted molar refractivity (Wildman–Crippen MR) is 45.9 cm³/mol. The molecule has 0 aliphatic heterocycles. The van der Waals surface area contributed by atoms with E-state index >= 15 is 0 Å². The molecule has 0 saturated heterocycles. The Kier molecular flexibility index (Phi) is 6.65. The first-order valence-corrected chi connectivity index (χ1v) is 4.15. The van der Waals surface area contributed by atoms with E-state index in [2.05, 4.69) is 10.1 Å². The van der Waals surface area contributed by atoms with Gasteiger partial charge in [0.15, 0.2) is 0 Å². The molecule has 0 heterocycles. The zero-order chi connectivity index (χ0) is 10.1. The number of hydrogen-bond acceptors (Lipinski definition) is 4. The first-order valence-electron chi connectivity index (χ1n) is 4.15. The number of aliphatic hydroxyl groups excluding tert-OH is 1. The zero-order valence-electron chi connectivity index (χ0n) is 7.62. The Morgan fingerprint density at radius 3 is 2.92 bits per heavy atom. The number of carbonyl (C=O) groups is 1. The van der Waals surface area contributed by atoms with Crippen LogP contribution in [0.25, 0.3) is 0 Å². The van der Waals surface area contributed by atoms with Crippen LogP contribution in [0.15, 0.2) is 0 Å². The number of carbonyl (C=O) groups excluding carboxylic acids is 1. The van der Waals surface area contributed by atoms with E-state index in [1.165, 1.54) is 0 Å². The molecule has 2 N–H and O–H groups in total. The molecule has 0 spiro atoms. The lowest BCUT2D eigenvalue weighted by atomic mass is 10.2. The van der Waals surface area contributed by atoms with Crippen LogP contribution < -0.4 is 5.32 Å². The molecule has 0 bridgehead atoms. The highest BCUT2D eigenvalue weighted by atomic mass is 16.6. The fraction of sp³-hybridized carbons (Fsp3) is 0.750. The van der Waals surface area contributed by atoms with Crippen molar-refractivity contribution in [2.24, 2.45) is 0 Å². The quantitative estimate of drug-likeness (QED) is 0.651. The van der Waals surface area contributed by atoms with Gasteiger partial charge in [0.25, 0.3) is 0 Å². The molecule has 1 unspecified atom stereocenters. The Bertz CT molecular complexity index is 188. The first-order chi connectivity index (χ1) is 6.24. The van der Waals surface area contributed by atoms with Gasteiger partial charge in [0.05, 0.1) is 19.1 Å². The third-order valence-electron chi connectivity index (χ3n) is 1.48. The molecule has 0 rings (SSSR count). The molecule has 0 aromatic carbocycles. The first kappa shape index (κ1) is 11.7. The summed E-state index contributed by atoms with van der Waals surface area (Å²) in [5.74, 6) is 0. The number of nitriles is 1. The molecule has 1 amide bonds. The highest BCUT2D eigenvalue weighted by molar-refractivity contribution is 5.67. The zero-order valence-corrected chi connectivity index (χ0v) is 7.62. The Morgan fingerprint density at radius 1 is 1.77 bits per heavy atom. The molecule has 5 heteroatoms. The molecular formula is C8H14N2O3. The molecule has 74 valence electrons. The van der Waals surface area contributed by atoms with E-state index in [9.17, 15) is 4.79 Å². The topological polar surface area (TPSA) is 82.4 Å². The molecule has 5 nitrogen and oxygen atoms in total. The average Bonchev–Trinajstić information content (AvgIpc) is 2.14. The second kappa shape index (κ2) is 7.37. The van der Waals surface area contributed by atoms with Gasteiger partial charge in [0.1, 0.15) is 6.61 Å². The van der Waals surface area contributed by atoms with Crippen LogP contribution in [0, 0.1) is 11.3 Å². The van der Waals surface area contributed by atoms with Gasteiger partial charge in [0.2, 0.25) is 0 Å². The van der Waals surface area contributed by atoms with Crippen molar-refractivity contribution in [3.8, 4) is 6.07 Å². The summed E-state index contributed by atoms with van der Waals surface area (Å²) in [5, 5.41) is 19.2. The highest BCUT2D eigenvalue weighted by Gasteiger charge is 2.09. The lowest BCUT2D eigenvalue weighted by Crippen LogP contribution is -2.35. The van der Waals surface area contributed by atoms with E-state index in [0.717, 1.165) is 0 Å². The summed E-state index contributed by atoms with van der Waals surface area (Å²) in [5.41, 5.74) is 0. The number of alkyl carbamates (subject to hydrolysis) is 1. The molecule has 0 aliphatic rings. The smallest absolute Gasteiger partial charge is 0.407 e. The minimum absolute atomic E-state index is 0.0190. The summed E-state index contributed by atoms with van der Waals surface area (Å²) in [6.07, 6.45) is 0.364. The van der Waals surface area contributed by atoms with Crippen LogP contribution in [0.1, 0.15) is 19.8 Å². The summed E-state index contributed by atoms with van der Waals surface area (Å²) in [6.45, 7) is 1.66. The van der Waals surface area contributed by atoms with Crippen molar-refractivity contribution in [2.45, 2.75) is 25.8 Å². The lowest BCUT2D eigenvalue weighted by Gasteiger charge is -2.12. The van der Waals surface area contributed by atoms with E-state index in [1.807, 2.05) is 13.0 Å². The molecule has 0 saturated carbocycles. The summed E-state index contributed by atoms with van der Waals surface area (Å²) < 4.78 is 4.56. The number of ether oxygens (including phenoxy) is 1. The molecule has 1 atom stereocenters. The summed E-state index contributed by atoms with van der Waals surface area (Å²) in [4.78, 5) is 10.9. The molecular weight excluding hydrogens is 172 g/mol. The number of aliphatic hydroxyl groups is 1. The van der Waals surface area contributed by atoms with E-state index in [4.69, 9.17) is 10.4 Å². The van der Waals surface area contributed by atoms with Crippen LogP contribution in [0.5, 0.6) is 0 Å². The Labute approximate surface area is 77.3 Å². The van der Waals surface area contributed by atoms with Crippen molar-refractivity contribution in [3.05, 3.63) is 0 Å². The van der Waals surface area contributed by atoms with Crippen molar-refractivity contribution in [3.63, 3.8) is 0 Å². The third kappa shape index (κ3) is 5.93. The van der Waals surface area contributed by atoms with E-state index in [0.29, 0.717) is 6.42 Å². The Balaban J connectivity index is 3.67. The number of nitrogens with one attached hydrogen (secondary N) is 1. The fourth-order valence-corrected chi connectivity index (χ4v) is 0.754. The van der Waals surface area contributed by atoms with Crippen LogP contribution in [-0.4, -0.2) is 30.5 Å². The SMILES string of the molecule is CCC(CC#N)NC(=O)OCCO. The number of nitrogens with zero attached hydrogens (tertiary/aromatic N) is 1. The van der Waals surface area contributed by atoms with Gasteiger partial charge in [-0.1, -0.05) is 6.92 Å². The number of hydrogen-bond donors (Lipinski definition) is 2. The largest absolute Gasteiger partial charge is 0.447 e. The van der Waals surface area contributed by atoms with Gasteiger partial charge >= 0.3 is 6.09 Å². The highest BCUT2D eigenvalue weighted by Crippen LogP contribution is 1.96. The Morgan fingerprint density at radius 2 is 2.46 bits per heavy atom. The minimum Gasteiger partial charge on any atom is -0.447 e. The van der Waals surface area contributed by atoms with Gasteiger partial charge < -0.3 is 15.2 Å². The fourth-order valence-electron chi connectivity index (χ4n) is 0.754. The van der Waals surface area contributed by atoms with Crippen LogP contribution in [0.3, 0.4) is 0 Å². The van der Waals surface area contributed by atoms with Crippen molar-refractivity contribution in [1.29, 1.82) is 5.26 Å². The van der Waals surface area contributed by atoms with E-state index < -0.39 is 6.09 Å². The van der Waals surface area contributed by atoms with Crippen molar-refractivity contribution in [1.82, 2.24) is 5.32 Å². The molecule has 0 radical (unpaired) electrons. The third-order valence-corrected chi connectivity index (χ3v) is 1.48. The summed E-state index contributed by atoms with van der Waals surface area (Å²) in [7, 11) is 0. The van der Waals surface area contributed by atoms with Gasteiger partial charge in [-0.05, 0) is 6.42 Å². The van der Waals surface area contributed by atoms with Crippen LogP contribution in [0.4, 0.5) is 4.79 Å². The van der Waals surface area contributed by atoms with Crippen LogP contribution >= 0.6 is 0 Å². The maximum absolute atomic E-state index is 10.9. The maximum Gasteiger partial charge on any atom is 0.407 e. The predicted octanol–water partition coefficient (Wildman–Crippen LogP) is 0.397. The standard InChI is InChI=1S/C8H14N2O3/c1-2-7(3-4-9)10-8(12)13-6-5-11/h7,11H,2-3,5-6H2,1H3,(H,10,12). The van der Waals surface area contributed by atoms with Gasteiger partial charge in [0, 0.05) is 6.04 Å². The monoisotopic (exact) mass is 186 g/mol. The van der Waals surface area contributed by atoms with E-state index in [1.54, 1.807) is 0 Å². The van der Waals surface area contributed by atoms with Gasteiger partial charge in [-0.25, -0.2) is 4.79 Å². The van der Waals surface area contributed by atoms with Gasteiger partial charge in [-0.2, -0.15) is 5.26 Å². The van der Waals surface area contributed by atoms with Crippen molar-refractivity contribution in [2.75, 3.05) is 13.2 Å². The molecule has 13 heavy (non-hydrogen) atoms. The minimum atomic E-state index is -0.587. The molecule has 0 aliphatic carbocycles. The second-order valence-corrected chi connectivity index (χ2v) is 2.47. The molecule has 0 fully saturated rings. The van der Waals surface area contributed by atoms with Crippen LogP contribution in [0.2, 0.25) is 0 Å². The normalized spacial score (nSPS) is 11.5. The lowest BCUT2D eigenvalue weighted by molar-refractivity contribution is 0.116. The Hall–Kier alpha value is -1.28. The summed E-state index contributed by atoms with van der Waals surface area (Å²) in [6, 6.07) is 1.79. The summed E-state index contributed by atoms with van der Waals surface area (Å²) >= 11 is 0. The van der Waals surface area contributed by atoms with Gasteiger partial charge in [-0.15, -0.1) is 0 Å². The average molecular weight is 186 g/mol. The molecule has 0 aromatic rings. The van der Waals surface area contributed by atoms with Crippen molar-refractivity contribution < 1.29 is 14.6 Å². The number of amides is 1. The number of rotatable bonds is 5. The van der Waals surface area contributed by atoms with E-state index in [-0.39, 0.29) is 25.7 Å². The van der Waals surface area contributed by atoms with Crippen molar-refractivity contribution >= 4 is 6.09 Å². The molecule has 0 aromatic heterocycles. The maximum atomic E-state index is 10.9.